The smallest absolute Gasteiger partial charge is 0.251 e. The number of nitriles is 1. The summed E-state index contributed by atoms with van der Waals surface area (Å²) in [6, 6.07) is 15.6. The fraction of sp³-hybridized carbons (Fsp3) is 0.263. The van der Waals surface area contributed by atoms with Gasteiger partial charge in [-0.3, -0.25) is 4.79 Å². The van der Waals surface area contributed by atoms with Gasteiger partial charge >= 0.3 is 0 Å². The minimum absolute atomic E-state index is 0.0458. The van der Waals surface area contributed by atoms with Gasteiger partial charge in [0.15, 0.2) is 0 Å². The number of carbonyl (C=O) groups is 1. The molecule has 1 atom stereocenters. The third-order valence-corrected chi connectivity index (χ3v) is 3.32. The van der Waals surface area contributed by atoms with Crippen LogP contribution in [0.25, 0.3) is 0 Å². The Balaban J connectivity index is 1.98. The van der Waals surface area contributed by atoms with Crippen LogP contribution in [-0.4, -0.2) is 23.7 Å². The van der Waals surface area contributed by atoms with Crippen LogP contribution in [0.4, 0.5) is 0 Å². The number of hydrogen-bond acceptors (Lipinski definition) is 4. The van der Waals surface area contributed by atoms with Crippen molar-refractivity contribution in [1.82, 2.24) is 5.32 Å². The highest BCUT2D eigenvalue weighted by Crippen LogP contribution is 2.20. The second kappa shape index (κ2) is 8.14. The van der Waals surface area contributed by atoms with E-state index in [4.69, 9.17) is 10.00 Å². The molecule has 0 saturated heterocycles. The Kier molecular flexibility index (Phi) is 5.94. The van der Waals surface area contributed by atoms with Crippen LogP contribution in [0.5, 0.6) is 5.75 Å². The highest BCUT2D eigenvalue weighted by Gasteiger charge is 2.12. The van der Waals surface area contributed by atoms with Crippen molar-refractivity contribution in [3.05, 3.63) is 65.2 Å². The number of aliphatic hydroxyl groups is 1. The van der Waals surface area contributed by atoms with Gasteiger partial charge in [0.25, 0.3) is 5.91 Å². The van der Waals surface area contributed by atoms with Crippen LogP contribution in [0.3, 0.4) is 0 Å². The van der Waals surface area contributed by atoms with Gasteiger partial charge in [-0.25, -0.2) is 0 Å². The summed E-state index contributed by atoms with van der Waals surface area (Å²) in [5, 5.41) is 21.8. The van der Waals surface area contributed by atoms with Crippen LogP contribution in [-0.2, 0) is 0 Å². The largest absolute Gasteiger partial charge is 0.491 e. The fourth-order valence-corrected chi connectivity index (χ4v) is 2.21. The lowest BCUT2D eigenvalue weighted by atomic mass is 10.1. The molecule has 0 heterocycles. The van der Waals surface area contributed by atoms with Gasteiger partial charge in [-0.05, 0) is 49.7 Å². The molecule has 0 unspecified atom stereocenters. The van der Waals surface area contributed by atoms with Crippen molar-refractivity contribution < 1.29 is 14.6 Å². The predicted molar refractivity (Wildman–Crippen MR) is 90.7 cm³/mol. The SMILES string of the molecule is CC(C)Oc1cccc([C@H](O)CNC(=O)c2cccc(C#N)c2)c1. The minimum Gasteiger partial charge on any atom is -0.491 e. The van der Waals surface area contributed by atoms with Gasteiger partial charge in [-0.2, -0.15) is 5.26 Å². The maximum Gasteiger partial charge on any atom is 0.251 e. The molecule has 24 heavy (non-hydrogen) atoms. The minimum atomic E-state index is -0.844. The maximum atomic E-state index is 12.1. The molecule has 0 aliphatic heterocycles. The third-order valence-electron chi connectivity index (χ3n) is 3.32. The van der Waals surface area contributed by atoms with Crippen LogP contribution in [0, 0.1) is 11.3 Å². The average molecular weight is 324 g/mol. The molecule has 0 radical (unpaired) electrons. The van der Waals surface area contributed by atoms with Gasteiger partial charge in [-0.1, -0.05) is 18.2 Å². The molecule has 0 fully saturated rings. The van der Waals surface area contributed by atoms with E-state index in [1.54, 1.807) is 36.4 Å². The Hall–Kier alpha value is -2.84. The van der Waals surface area contributed by atoms with E-state index >= 15 is 0 Å². The number of amides is 1. The molecule has 2 aromatic carbocycles. The van der Waals surface area contributed by atoms with Crippen LogP contribution < -0.4 is 10.1 Å². The molecule has 124 valence electrons. The number of hydrogen-bond donors (Lipinski definition) is 2. The molecule has 0 aliphatic rings. The fourth-order valence-electron chi connectivity index (χ4n) is 2.21. The summed E-state index contributed by atoms with van der Waals surface area (Å²) in [7, 11) is 0. The number of nitrogens with zero attached hydrogens (tertiary/aromatic N) is 1. The summed E-state index contributed by atoms with van der Waals surface area (Å²) >= 11 is 0. The monoisotopic (exact) mass is 324 g/mol. The van der Waals surface area contributed by atoms with Crippen molar-refractivity contribution in [1.29, 1.82) is 5.26 Å². The lowest BCUT2D eigenvalue weighted by molar-refractivity contribution is 0.0916. The van der Waals surface area contributed by atoms with Crippen molar-refractivity contribution in [2.45, 2.75) is 26.1 Å². The van der Waals surface area contributed by atoms with E-state index in [-0.39, 0.29) is 18.6 Å². The Morgan fingerprint density at radius 2 is 2.00 bits per heavy atom. The summed E-state index contributed by atoms with van der Waals surface area (Å²) in [6.45, 7) is 3.93. The van der Waals surface area contributed by atoms with E-state index < -0.39 is 6.10 Å². The molecule has 5 heteroatoms. The summed E-state index contributed by atoms with van der Waals surface area (Å²) < 4.78 is 5.60. The van der Waals surface area contributed by atoms with Crippen LogP contribution in [0.15, 0.2) is 48.5 Å². The second-order valence-electron chi connectivity index (χ2n) is 5.66. The van der Waals surface area contributed by atoms with Gasteiger partial charge in [0, 0.05) is 12.1 Å². The summed E-state index contributed by atoms with van der Waals surface area (Å²) in [6.07, 6.45) is -0.798. The summed E-state index contributed by atoms with van der Waals surface area (Å²) in [5.74, 6) is 0.343. The van der Waals surface area contributed by atoms with Crippen LogP contribution in [0.2, 0.25) is 0 Å². The molecular formula is C19H20N2O3. The van der Waals surface area contributed by atoms with E-state index in [1.807, 2.05) is 26.0 Å². The number of rotatable bonds is 6. The molecule has 5 nitrogen and oxygen atoms in total. The molecule has 1 amide bonds. The van der Waals surface area contributed by atoms with Crippen LogP contribution >= 0.6 is 0 Å². The highest BCUT2D eigenvalue weighted by molar-refractivity contribution is 5.94. The molecule has 0 aromatic heterocycles. The number of ether oxygens (including phenoxy) is 1. The molecular weight excluding hydrogens is 304 g/mol. The first-order valence-corrected chi connectivity index (χ1v) is 7.72. The Labute approximate surface area is 141 Å². The van der Waals surface area contributed by atoms with Gasteiger partial charge in [0.1, 0.15) is 5.75 Å². The van der Waals surface area contributed by atoms with Gasteiger partial charge in [0.05, 0.1) is 23.8 Å². The zero-order chi connectivity index (χ0) is 17.5. The van der Waals surface area contributed by atoms with E-state index in [0.29, 0.717) is 22.4 Å². The van der Waals surface area contributed by atoms with Gasteiger partial charge < -0.3 is 15.2 Å². The Bertz CT molecular complexity index is 750. The first-order chi connectivity index (χ1) is 11.5. The van der Waals surface area contributed by atoms with Gasteiger partial charge in [0.2, 0.25) is 0 Å². The van der Waals surface area contributed by atoms with Crippen molar-refractivity contribution in [2.75, 3.05) is 6.54 Å². The maximum absolute atomic E-state index is 12.1. The van der Waals surface area contributed by atoms with Crippen molar-refractivity contribution >= 4 is 5.91 Å². The number of nitrogens with one attached hydrogen (secondary N) is 1. The van der Waals surface area contributed by atoms with Crippen molar-refractivity contribution in [3.8, 4) is 11.8 Å². The summed E-state index contributed by atoms with van der Waals surface area (Å²) in [5.41, 5.74) is 1.47. The quantitative estimate of drug-likeness (QED) is 0.856. The van der Waals surface area contributed by atoms with E-state index in [1.165, 1.54) is 6.07 Å². The second-order valence-corrected chi connectivity index (χ2v) is 5.66. The van der Waals surface area contributed by atoms with E-state index in [2.05, 4.69) is 5.32 Å². The highest BCUT2D eigenvalue weighted by atomic mass is 16.5. The first-order valence-electron chi connectivity index (χ1n) is 7.72. The predicted octanol–water partition coefficient (Wildman–Crippen LogP) is 2.81. The standard InChI is InChI=1S/C19H20N2O3/c1-13(2)24-17-8-4-6-15(10-17)18(22)12-21-19(23)16-7-3-5-14(9-16)11-20/h3-10,13,18,22H,12H2,1-2H3,(H,21,23)/t18-/m1/s1. The molecule has 0 bridgehead atoms. The molecule has 0 aliphatic carbocycles. The molecule has 2 aromatic rings. The van der Waals surface area contributed by atoms with Crippen molar-refractivity contribution in [3.63, 3.8) is 0 Å². The van der Waals surface area contributed by atoms with Crippen molar-refractivity contribution in [2.24, 2.45) is 0 Å². The van der Waals surface area contributed by atoms with E-state index in [9.17, 15) is 9.90 Å². The molecule has 0 saturated carbocycles. The third kappa shape index (κ3) is 4.83. The average Bonchev–Trinajstić information content (AvgIpc) is 2.59. The normalized spacial score (nSPS) is 11.6. The number of aliphatic hydroxyl groups excluding tert-OH is 1. The van der Waals surface area contributed by atoms with Gasteiger partial charge in [-0.15, -0.1) is 0 Å². The lowest BCUT2D eigenvalue weighted by Crippen LogP contribution is -2.28. The molecule has 0 spiro atoms. The molecule has 2 N–H and O–H groups in total. The first kappa shape index (κ1) is 17.5. The van der Waals surface area contributed by atoms with E-state index in [0.717, 1.165) is 0 Å². The number of carbonyl (C=O) groups excluding carboxylic acids is 1. The summed E-state index contributed by atoms with van der Waals surface area (Å²) in [4.78, 5) is 12.1. The number of benzene rings is 2. The zero-order valence-corrected chi connectivity index (χ0v) is 13.7. The van der Waals surface area contributed by atoms with Crippen LogP contribution in [0.1, 0.15) is 41.4 Å². The topological polar surface area (TPSA) is 82.3 Å². The lowest BCUT2D eigenvalue weighted by Gasteiger charge is -2.15. The Morgan fingerprint density at radius 1 is 1.25 bits per heavy atom. The zero-order valence-electron chi connectivity index (χ0n) is 13.7. The molecule has 2 rings (SSSR count). The Morgan fingerprint density at radius 3 is 2.71 bits per heavy atom.